The Morgan fingerprint density at radius 2 is 2.07 bits per heavy atom. The predicted octanol–water partition coefficient (Wildman–Crippen LogP) is 3.87. The molecule has 2 amide bonds. The first-order valence-electron chi connectivity index (χ1n) is 9.65. The zero-order valence-electron chi connectivity index (χ0n) is 16.5. The van der Waals surface area contributed by atoms with Crippen LogP contribution in [0.4, 0.5) is 22.1 Å². The van der Waals surface area contributed by atoms with E-state index < -0.39 is 0 Å². The van der Waals surface area contributed by atoms with E-state index in [0.717, 1.165) is 41.9 Å². The highest BCUT2D eigenvalue weighted by molar-refractivity contribution is 6.03. The second kappa shape index (κ2) is 8.22. The molecule has 8 heteroatoms. The molecule has 0 radical (unpaired) electrons. The van der Waals surface area contributed by atoms with Crippen LogP contribution in [0.5, 0.6) is 0 Å². The van der Waals surface area contributed by atoms with Crippen molar-refractivity contribution >= 4 is 23.4 Å². The van der Waals surface area contributed by atoms with E-state index in [1.807, 2.05) is 32.0 Å². The van der Waals surface area contributed by atoms with Crippen molar-refractivity contribution in [1.82, 2.24) is 19.9 Å². The molecule has 148 valence electrons. The van der Waals surface area contributed by atoms with Crippen molar-refractivity contribution in [2.75, 3.05) is 22.1 Å². The summed E-state index contributed by atoms with van der Waals surface area (Å²) in [5.74, 6) is 1.05. The third-order valence-corrected chi connectivity index (χ3v) is 5.01. The zero-order chi connectivity index (χ0) is 20.2. The van der Waals surface area contributed by atoms with Crippen LogP contribution in [0.1, 0.15) is 25.3 Å². The Morgan fingerprint density at radius 1 is 1.21 bits per heavy atom. The number of carbonyl (C=O) groups is 1. The van der Waals surface area contributed by atoms with Crippen molar-refractivity contribution in [1.29, 1.82) is 0 Å². The minimum Gasteiger partial charge on any atom is -0.382 e. The number of amides is 2. The third kappa shape index (κ3) is 4.01. The molecule has 1 atom stereocenters. The van der Waals surface area contributed by atoms with E-state index in [1.165, 1.54) is 6.33 Å². The smallest absolute Gasteiger partial charge is 0.328 e. The maximum absolute atomic E-state index is 13.2. The molecule has 0 aromatic carbocycles. The van der Waals surface area contributed by atoms with Crippen molar-refractivity contribution in [2.24, 2.45) is 0 Å². The Kier molecular flexibility index (Phi) is 5.33. The number of pyridine rings is 2. The van der Waals surface area contributed by atoms with Crippen LogP contribution in [-0.4, -0.2) is 38.6 Å². The molecule has 4 rings (SSSR count). The van der Waals surface area contributed by atoms with Gasteiger partial charge in [0, 0.05) is 36.7 Å². The van der Waals surface area contributed by atoms with E-state index in [2.05, 4.69) is 25.6 Å². The SMILES string of the molecule is Cc1ccncc1-c1ccc2c(n1)N(C(=O)Nc1ccncn1)[C@H](C)CCCN2. The summed E-state index contributed by atoms with van der Waals surface area (Å²) in [6, 6.07) is 7.27. The maximum atomic E-state index is 13.2. The van der Waals surface area contributed by atoms with Gasteiger partial charge in [-0.2, -0.15) is 0 Å². The van der Waals surface area contributed by atoms with Crippen molar-refractivity contribution in [3.05, 3.63) is 54.7 Å². The fourth-order valence-electron chi connectivity index (χ4n) is 3.44. The Hall–Kier alpha value is -3.55. The van der Waals surface area contributed by atoms with E-state index in [9.17, 15) is 4.79 Å². The fraction of sp³-hybridized carbons (Fsp3) is 0.286. The standard InChI is InChI=1S/C21H23N7O/c1-14-7-10-22-12-16(14)17-5-6-18-20(26-17)28(15(2)4-3-9-24-18)21(29)27-19-8-11-23-13-25-19/h5-8,10-13,15,24H,3-4,9H2,1-2H3,(H,23,25,27,29)/t15-/m1/s1. The highest BCUT2D eigenvalue weighted by Crippen LogP contribution is 2.32. The number of rotatable bonds is 2. The average Bonchev–Trinajstić information content (AvgIpc) is 2.72. The lowest BCUT2D eigenvalue weighted by Gasteiger charge is -2.32. The molecule has 0 fully saturated rings. The summed E-state index contributed by atoms with van der Waals surface area (Å²) in [6.07, 6.45) is 8.38. The second-order valence-corrected chi connectivity index (χ2v) is 7.07. The molecule has 0 saturated carbocycles. The minimum absolute atomic E-state index is 0.0181. The van der Waals surface area contributed by atoms with Crippen molar-refractivity contribution < 1.29 is 4.79 Å². The number of fused-ring (bicyclic) bond motifs is 1. The van der Waals surface area contributed by atoms with Gasteiger partial charge in [0.05, 0.1) is 11.4 Å². The molecule has 8 nitrogen and oxygen atoms in total. The quantitative estimate of drug-likeness (QED) is 0.691. The van der Waals surface area contributed by atoms with Crippen molar-refractivity contribution in [2.45, 2.75) is 32.7 Å². The first-order valence-corrected chi connectivity index (χ1v) is 9.65. The van der Waals surface area contributed by atoms with E-state index >= 15 is 0 Å². The third-order valence-electron chi connectivity index (χ3n) is 5.01. The first kappa shape index (κ1) is 18.8. The molecule has 0 bridgehead atoms. The number of carbonyl (C=O) groups excluding carboxylic acids is 1. The number of aryl methyl sites for hydroxylation is 1. The van der Waals surface area contributed by atoms with Gasteiger partial charge in [-0.15, -0.1) is 0 Å². The number of nitrogens with zero attached hydrogens (tertiary/aromatic N) is 5. The summed E-state index contributed by atoms with van der Waals surface area (Å²) >= 11 is 0. The molecule has 0 aliphatic carbocycles. The predicted molar refractivity (Wildman–Crippen MR) is 113 cm³/mol. The Balaban J connectivity index is 1.76. The molecule has 4 heterocycles. The summed E-state index contributed by atoms with van der Waals surface area (Å²) in [6.45, 7) is 4.90. The van der Waals surface area contributed by atoms with Crippen LogP contribution >= 0.6 is 0 Å². The highest BCUT2D eigenvalue weighted by atomic mass is 16.2. The normalized spacial score (nSPS) is 16.2. The molecule has 3 aromatic heterocycles. The van der Waals surface area contributed by atoms with E-state index in [4.69, 9.17) is 4.98 Å². The van der Waals surface area contributed by atoms with Crippen LogP contribution in [-0.2, 0) is 0 Å². The summed E-state index contributed by atoms with van der Waals surface area (Å²) < 4.78 is 0. The average molecular weight is 389 g/mol. The lowest BCUT2D eigenvalue weighted by molar-refractivity contribution is 0.254. The van der Waals surface area contributed by atoms with Crippen LogP contribution in [0.3, 0.4) is 0 Å². The molecule has 1 aliphatic rings. The van der Waals surface area contributed by atoms with Gasteiger partial charge in [0.1, 0.15) is 12.1 Å². The molecule has 3 aromatic rings. The molecule has 0 spiro atoms. The van der Waals surface area contributed by atoms with Gasteiger partial charge in [-0.3, -0.25) is 15.2 Å². The van der Waals surface area contributed by atoms with Gasteiger partial charge >= 0.3 is 6.03 Å². The molecule has 1 aliphatic heterocycles. The molecule has 29 heavy (non-hydrogen) atoms. The number of aromatic nitrogens is 4. The summed E-state index contributed by atoms with van der Waals surface area (Å²) in [4.78, 5) is 32.0. The van der Waals surface area contributed by atoms with Gasteiger partial charge < -0.3 is 5.32 Å². The number of urea groups is 1. The second-order valence-electron chi connectivity index (χ2n) is 7.07. The lowest BCUT2D eigenvalue weighted by atomic mass is 10.1. The topological polar surface area (TPSA) is 95.9 Å². The Morgan fingerprint density at radius 3 is 2.86 bits per heavy atom. The van der Waals surface area contributed by atoms with E-state index in [1.54, 1.807) is 29.6 Å². The van der Waals surface area contributed by atoms with E-state index in [-0.39, 0.29) is 12.1 Å². The van der Waals surface area contributed by atoms with Crippen molar-refractivity contribution in [3.63, 3.8) is 0 Å². The number of hydrogen-bond acceptors (Lipinski definition) is 6. The van der Waals surface area contributed by atoms with Crippen LogP contribution in [0.25, 0.3) is 11.3 Å². The van der Waals surface area contributed by atoms with Gasteiger partial charge in [-0.1, -0.05) is 0 Å². The van der Waals surface area contributed by atoms with Crippen LogP contribution in [0.15, 0.2) is 49.2 Å². The van der Waals surface area contributed by atoms with Gasteiger partial charge in [0.25, 0.3) is 0 Å². The zero-order valence-corrected chi connectivity index (χ0v) is 16.5. The van der Waals surface area contributed by atoms with E-state index in [0.29, 0.717) is 11.6 Å². The summed E-state index contributed by atoms with van der Waals surface area (Å²) in [5.41, 5.74) is 3.64. The number of anilines is 3. The molecule has 0 unspecified atom stereocenters. The Labute approximate surface area is 169 Å². The van der Waals surface area contributed by atoms with Gasteiger partial charge in [-0.05, 0) is 56.5 Å². The first-order chi connectivity index (χ1) is 14.1. The molecular formula is C21H23N7O. The van der Waals surface area contributed by atoms with Gasteiger partial charge in [0.15, 0.2) is 5.82 Å². The largest absolute Gasteiger partial charge is 0.382 e. The van der Waals surface area contributed by atoms with Crippen LogP contribution < -0.4 is 15.5 Å². The van der Waals surface area contributed by atoms with Gasteiger partial charge in [-0.25, -0.2) is 19.7 Å². The summed E-state index contributed by atoms with van der Waals surface area (Å²) in [7, 11) is 0. The van der Waals surface area contributed by atoms with Crippen LogP contribution in [0.2, 0.25) is 0 Å². The summed E-state index contributed by atoms with van der Waals surface area (Å²) in [5, 5.41) is 6.26. The number of nitrogens with one attached hydrogen (secondary N) is 2. The highest BCUT2D eigenvalue weighted by Gasteiger charge is 2.28. The lowest BCUT2D eigenvalue weighted by Crippen LogP contribution is -2.43. The molecule has 0 saturated heterocycles. The van der Waals surface area contributed by atoms with Crippen LogP contribution in [0, 0.1) is 6.92 Å². The molecular weight excluding hydrogens is 366 g/mol. The minimum atomic E-state index is -0.270. The Bertz CT molecular complexity index is 1010. The van der Waals surface area contributed by atoms with Gasteiger partial charge in [0.2, 0.25) is 0 Å². The van der Waals surface area contributed by atoms with Crippen molar-refractivity contribution in [3.8, 4) is 11.3 Å². The maximum Gasteiger partial charge on any atom is 0.328 e. The number of hydrogen-bond donors (Lipinski definition) is 2. The molecule has 2 N–H and O–H groups in total. The monoisotopic (exact) mass is 389 g/mol. The fourth-order valence-corrected chi connectivity index (χ4v) is 3.44.